The second kappa shape index (κ2) is 12.7. The van der Waals surface area contributed by atoms with E-state index in [9.17, 15) is 13.2 Å². The molecule has 0 N–H and O–H groups in total. The summed E-state index contributed by atoms with van der Waals surface area (Å²) in [5.41, 5.74) is 2.40. The average Bonchev–Trinajstić information content (AvgIpc) is 3.60. The second-order valence-electron chi connectivity index (χ2n) is 9.24. The van der Waals surface area contributed by atoms with Crippen LogP contribution < -0.4 is 0 Å². The Morgan fingerprint density at radius 1 is 0.975 bits per heavy atom. The summed E-state index contributed by atoms with van der Waals surface area (Å²) in [4.78, 5) is 18.5. The average molecular weight is 572 g/mol. The number of carbonyl (C=O) groups excluding carboxylic acids is 1. The number of thiophene rings is 1. The van der Waals surface area contributed by atoms with Gasteiger partial charge in [-0.25, -0.2) is 13.4 Å². The number of rotatable bonds is 7. The van der Waals surface area contributed by atoms with E-state index >= 15 is 0 Å². The molecule has 0 aliphatic carbocycles. The number of amides is 1. The van der Waals surface area contributed by atoms with Gasteiger partial charge in [0.15, 0.2) is 0 Å². The molecule has 0 spiro atoms. The second-order valence-corrected chi connectivity index (χ2v) is 12.4. The van der Waals surface area contributed by atoms with Gasteiger partial charge >= 0.3 is 0 Å². The molecule has 0 fully saturated rings. The third-order valence-electron chi connectivity index (χ3n) is 6.11. The van der Waals surface area contributed by atoms with Gasteiger partial charge in [-0.2, -0.15) is 9.57 Å². The van der Waals surface area contributed by atoms with E-state index in [2.05, 4.69) is 11.1 Å². The minimum absolute atomic E-state index is 0.0752. The van der Waals surface area contributed by atoms with E-state index in [4.69, 9.17) is 5.26 Å². The molecule has 3 aromatic carbocycles. The molecule has 10 heteroatoms. The van der Waals surface area contributed by atoms with Crippen molar-refractivity contribution in [3.05, 3.63) is 119 Å². The van der Waals surface area contributed by atoms with Crippen LogP contribution in [0.1, 0.15) is 26.5 Å². The molecule has 5 aromatic rings. The Labute approximate surface area is 238 Å². The Hall–Kier alpha value is -4.30. The zero-order valence-corrected chi connectivity index (χ0v) is 24.1. The smallest absolute Gasteiger partial charge is 0.263 e. The number of hydrogen-bond acceptors (Lipinski definition) is 6. The molecule has 0 saturated carbocycles. The maximum Gasteiger partial charge on any atom is 0.263 e. The third kappa shape index (κ3) is 6.82. The topological polar surface area (TPSA) is 99.3 Å². The van der Waals surface area contributed by atoms with Crippen molar-refractivity contribution in [2.45, 2.75) is 18.0 Å². The van der Waals surface area contributed by atoms with Crippen LogP contribution >= 0.6 is 11.3 Å². The molecule has 2 heterocycles. The first-order valence-electron chi connectivity index (χ1n) is 12.4. The van der Waals surface area contributed by atoms with Gasteiger partial charge in [0.25, 0.3) is 5.91 Å². The van der Waals surface area contributed by atoms with Crippen molar-refractivity contribution in [3.63, 3.8) is 0 Å². The fraction of sp³-hybridized carbons (Fsp3) is 0.167. The Balaban J connectivity index is 0.000000222. The zero-order valence-electron chi connectivity index (χ0n) is 22.4. The lowest BCUT2D eigenvalue weighted by Crippen LogP contribution is -2.27. The van der Waals surface area contributed by atoms with Crippen molar-refractivity contribution >= 4 is 37.4 Å². The number of benzene rings is 3. The van der Waals surface area contributed by atoms with E-state index in [0.29, 0.717) is 12.1 Å². The predicted molar refractivity (Wildman–Crippen MR) is 157 cm³/mol. The Morgan fingerprint density at radius 3 is 2.30 bits per heavy atom. The summed E-state index contributed by atoms with van der Waals surface area (Å²) in [5, 5.41) is 10.0. The fourth-order valence-electron chi connectivity index (χ4n) is 3.90. The largest absolute Gasteiger partial charge is 0.344 e. The molecule has 0 unspecified atom stereocenters. The number of sulfonamides is 1. The van der Waals surface area contributed by atoms with E-state index in [0.717, 1.165) is 26.2 Å². The van der Waals surface area contributed by atoms with Gasteiger partial charge in [-0.15, -0.1) is 11.3 Å². The van der Waals surface area contributed by atoms with Crippen molar-refractivity contribution in [2.75, 3.05) is 21.1 Å². The first kappa shape index (κ1) is 28.7. The van der Waals surface area contributed by atoms with E-state index in [-0.39, 0.29) is 17.3 Å². The molecule has 2 aromatic heterocycles. The minimum atomic E-state index is -3.56. The standard InChI is InChI=1S/C19H18N4O2S.C11H11NOS/c1-22(26(24,25)19-5-3-2-4-6-19)14-18-12-21-15-23(18)13-17-9-7-16(11-20)8-10-17;1-12(2)11(13)10-7-8-5-3-4-6-9(8)14-10/h2-10,12,15H,13-14H2,1H3;3-7H,1-2H3. The number of fused-ring (bicyclic) bond motifs is 1. The molecule has 0 aliphatic rings. The van der Waals surface area contributed by atoms with Crippen LogP contribution in [0.15, 0.2) is 102 Å². The lowest BCUT2D eigenvalue weighted by molar-refractivity contribution is 0.0832. The van der Waals surface area contributed by atoms with E-state index in [1.54, 1.807) is 92.4 Å². The van der Waals surface area contributed by atoms with Crippen LogP contribution in [-0.4, -0.2) is 54.2 Å². The first-order valence-corrected chi connectivity index (χ1v) is 14.6. The Morgan fingerprint density at radius 2 is 1.65 bits per heavy atom. The summed E-state index contributed by atoms with van der Waals surface area (Å²) in [6, 6.07) is 27.7. The number of hydrogen-bond donors (Lipinski definition) is 0. The van der Waals surface area contributed by atoms with Crippen LogP contribution in [0, 0.1) is 11.3 Å². The Kier molecular flexibility index (Phi) is 9.11. The molecule has 0 radical (unpaired) electrons. The third-order valence-corrected chi connectivity index (χ3v) is 9.03. The summed E-state index contributed by atoms with van der Waals surface area (Å²) in [7, 11) is 1.54. The molecule has 0 aliphatic heterocycles. The lowest BCUT2D eigenvalue weighted by Gasteiger charge is -2.18. The van der Waals surface area contributed by atoms with Gasteiger partial charge in [0, 0.05) is 38.6 Å². The summed E-state index contributed by atoms with van der Waals surface area (Å²) in [6.45, 7) is 0.772. The minimum Gasteiger partial charge on any atom is -0.344 e. The van der Waals surface area contributed by atoms with Gasteiger partial charge in [-0.05, 0) is 47.3 Å². The number of aromatic nitrogens is 2. The normalized spacial score (nSPS) is 11.1. The van der Waals surface area contributed by atoms with Crippen LogP contribution in [0.3, 0.4) is 0 Å². The molecular formula is C30H29N5O3S2. The highest BCUT2D eigenvalue weighted by atomic mass is 32.2. The SMILES string of the molecule is CN(C)C(=O)c1cc2ccccc2s1.CN(Cc1cncn1Cc1ccc(C#N)cc1)S(=O)(=O)c1ccccc1. The molecule has 0 atom stereocenters. The quantitative estimate of drug-likeness (QED) is 0.267. The lowest BCUT2D eigenvalue weighted by atomic mass is 10.1. The van der Waals surface area contributed by atoms with Crippen LogP contribution in [0.5, 0.6) is 0 Å². The van der Waals surface area contributed by atoms with Gasteiger partial charge in [0.2, 0.25) is 10.0 Å². The summed E-state index contributed by atoms with van der Waals surface area (Å²) < 4.78 is 29.7. The number of nitrogens with zero attached hydrogens (tertiary/aromatic N) is 5. The van der Waals surface area contributed by atoms with Crippen molar-refractivity contribution in [1.82, 2.24) is 18.8 Å². The number of nitriles is 1. The summed E-state index contributed by atoms with van der Waals surface area (Å²) >= 11 is 1.54. The van der Waals surface area contributed by atoms with Gasteiger partial charge in [-0.1, -0.05) is 48.5 Å². The molecule has 40 heavy (non-hydrogen) atoms. The van der Waals surface area contributed by atoms with Gasteiger partial charge in [-0.3, -0.25) is 4.79 Å². The van der Waals surface area contributed by atoms with E-state index in [1.807, 2.05) is 47.0 Å². The monoisotopic (exact) mass is 571 g/mol. The van der Waals surface area contributed by atoms with Crippen molar-refractivity contribution < 1.29 is 13.2 Å². The summed E-state index contributed by atoms with van der Waals surface area (Å²) in [5.74, 6) is 0.0752. The van der Waals surface area contributed by atoms with Crippen LogP contribution in [0.25, 0.3) is 10.1 Å². The Bertz CT molecular complexity index is 1700. The van der Waals surface area contributed by atoms with Crippen molar-refractivity contribution in [2.24, 2.45) is 0 Å². The molecule has 0 saturated heterocycles. The van der Waals surface area contributed by atoms with Crippen molar-refractivity contribution in [1.29, 1.82) is 5.26 Å². The van der Waals surface area contributed by atoms with Gasteiger partial charge in [0.05, 0.1) is 40.0 Å². The maximum atomic E-state index is 12.7. The van der Waals surface area contributed by atoms with E-state index < -0.39 is 10.0 Å². The highest BCUT2D eigenvalue weighted by Gasteiger charge is 2.21. The molecule has 8 nitrogen and oxygen atoms in total. The fourth-order valence-corrected chi connectivity index (χ4v) is 6.14. The molecule has 204 valence electrons. The molecule has 1 amide bonds. The predicted octanol–water partition coefficient (Wildman–Crippen LogP) is 5.23. The molecule has 5 rings (SSSR count). The van der Waals surface area contributed by atoms with Crippen LogP contribution in [0.2, 0.25) is 0 Å². The number of imidazole rings is 1. The molecule has 0 bridgehead atoms. The number of carbonyl (C=O) groups is 1. The molecular weight excluding hydrogens is 542 g/mol. The van der Waals surface area contributed by atoms with Crippen LogP contribution in [-0.2, 0) is 23.1 Å². The highest BCUT2D eigenvalue weighted by molar-refractivity contribution is 7.89. The van der Waals surface area contributed by atoms with Gasteiger partial charge in [0.1, 0.15) is 0 Å². The van der Waals surface area contributed by atoms with Crippen molar-refractivity contribution in [3.8, 4) is 6.07 Å². The van der Waals surface area contributed by atoms with Crippen LogP contribution in [0.4, 0.5) is 0 Å². The van der Waals surface area contributed by atoms with E-state index in [1.165, 1.54) is 4.31 Å². The first-order chi connectivity index (χ1) is 19.2. The highest BCUT2D eigenvalue weighted by Crippen LogP contribution is 2.25. The van der Waals surface area contributed by atoms with Gasteiger partial charge < -0.3 is 9.47 Å². The maximum absolute atomic E-state index is 12.7. The zero-order chi connectivity index (χ0) is 28.7. The summed E-state index contributed by atoms with van der Waals surface area (Å²) in [6.07, 6.45) is 3.34.